The third-order valence-electron chi connectivity index (χ3n) is 3.34. The minimum absolute atomic E-state index is 0.0436. The summed E-state index contributed by atoms with van der Waals surface area (Å²) in [6.07, 6.45) is 1.24. The van der Waals surface area contributed by atoms with Crippen LogP contribution in [0.4, 0.5) is 19.0 Å². The Bertz CT molecular complexity index is 428. The number of halogens is 3. The standard InChI is InChI=1S/C13H17F3N2O/c14-13(15,16)10-6-11(17)18-12(7-10)19-8-9-4-2-1-3-5-9/h6-7,9H,1-5,8H2,(H2,17,18). The predicted octanol–water partition coefficient (Wildman–Crippen LogP) is 3.64. The molecule has 1 aliphatic rings. The van der Waals surface area contributed by atoms with E-state index in [1.807, 2.05) is 0 Å². The normalized spacial score (nSPS) is 17.4. The van der Waals surface area contributed by atoms with Crippen LogP contribution in [0.2, 0.25) is 0 Å². The minimum Gasteiger partial charge on any atom is -0.477 e. The highest BCUT2D eigenvalue weighted by atomic mass is 19.4. The molecule has 2 N–H and O–H groups in total. The molecule has 0 unspecified atom stereocenters. The van der Waals surface area contributed by atoms with Gasteiger partial charge in [-0.15, -0.1) is 0 Å². The van der Waals surface area contributed by atoms with Crippen molar-refractivity contribution in [3.8, 4) is 5.88 Å². The summed E-state index contributed by atoms with van der Waals surface area (Å²) in [4.78, 5) is 3.79. The Morgan fingerprint density at radius 3 is 2.53 bits per heavy atom. The van der Waals surface area contributed by atoms with Gasteiger partial charge in [0.1, 0.15) is 5.82 Å². The maximum Gasteiger partial charge on any atom is 0.416 e. The van der Waals surface area contributed by atoms with Crippen LogP contribution in [-0.4, -0.2) is 11.6 Å². The molecule has 0 aliphatic heterocycles. The summed E-state index contributed by atoms with van der Waals surface area (Å²) >= 11 is 0. The number of hydrogen-bond acceptors (Lipinski definition) is 3. The molecular weight excluding hydrogens is 257 g/mol. The van der Waals surface area contributed by atoms with Crippen molar-refractivity contribution < 1.29 is 17.9 Å². The third kappa shape index (κ3) is 4.01. The number of anilines is 1. The molecule has 0 saturated heterocycles. The SMILES string of the molecule is Nc1cc(C(F)(F)F)cc(OCC2CCCCC2)n1. The number of alkyl halides is 3. The Kier molecular flexibility index (Phi) is 4.17. The van der Waals surface area contributed by atoms with E-state index in [2.05, 4.69) is 4.98 Å². The Morgan fingerprint density at radius 1 is 1.21 bits per heavy atom. The zero-order valence-corrected chi connectivity index (χ0v) is 10.5. The highest BCUT2D eigenvalue weighted by Gasteiger charge is 2.31. The third-order valence-corrected chi connectivity index (χ3v) is 3.34. The van der Waals surface area contributed by atoms with Crippen LogP contribution in [0.5, 0.6) is 5.88 Å². The van der Waals surface area contributed by atoms with E-state index in [0.29, 0.717) is 12.5 Å². The Morgan fingerprint density at radius 2 is 1.89 bits per heavy atom. The molecule has 0 amide bonds. The number of nitrogen functional groups attached to an aromatic ring is 1. The second-order valence-electron chi connectivity index (χ2n) is 4.93. The van der Waals surface area contributed by atoms with Crippen LogP contribution >= 0.6 is 0 Å². The van der Waals surface area contributed by atoms with Gasteiger partial charge in [0, 0.05) is 6.07 Å². The molecule has 0 atom stereocenters. The maximum atomic E-state index is 12.6. The van der Waals surface area contributed by atoms with Crippen molar-refractivity contribution in [3.63, 3.8) is 0 Å². The molecule has 1 aliphatic carbocycles. The van der Waals surface area contributed by atoms with E-state index in [0.717, 1.165) is 37.8 Å². The molecule has 1 heterocycles. The van der Waals surface area contributed by atoms with Gasteiger partial charge in [0.2, 0.25) is 5.88 Å². The molecule has 19 heavy (non-hydrogen) atoms. The van der Waals surface area contributed by atoms with Crippen LogP contribution in [0, 0.1) is 5.92 Å². The number of pyridine rings is 1. The van der Waals surface area contributed by atoms with Gasteiger partial charge in [-0.25, -0.2) is 0 Å². The molecule has 0 aromatic carbocycles. The van der Waals surface area contributed by atoms with Crippen LogP contribution in [0.3, 0.4) is 0 Å². The fourth-order valence-electron chi connectivity index (χ4n) is 2.32. The number of rotatable bonds is 3. The second-order valence-corrected chi connectivity index (χ2v) is 4.93. The quantitative estimate of drug-likeness (QED) is 0.915. The van der Waals surface area contributed by atoms with Crippen molar-refractivity contribution in [1.82, 2.24) is 4.98 Å². The first-order valence-electron chi connectivity index (χ1n) is 6.43. The van der Waals surface area contributed by atoms with Crippen LogP contribution < -0.4 is 10.5 Å². The van der Waals surface area contributed by atoms with Crippen molar-refractivity contribution in [2.45, 2.75) is 38.3 Å². The summed E-state index contributed by atoms with van der Waals surface area (Å²) in [5.41, 5.74) is 4.55. The fraction of sp³-hybridized carbons (Fsp3) is 0.615. The summed E-state index contributed by atoms with van der Waals surface area (Å²) in [5.74, 6) is 0.192. The minimum atomic E-state index is -4.43. The van der Waals surface area contributed by atoms with Gasteiger partial charge < -0.3 is 10.5 Å². The summed E-state index contributed by atoms with van der Waals surface area (Å²) < 4.78 is 43.2. The lowest BCUT2D eigenvalue weighted by atomic mass is 9.90. The lowest BCUT2D eigenvalue weighted by Gasteiger charge is -2.21. The molecule has 1 fully saturated rings. The van der Waals surface area contributed by atoms with Crippen LogP contribution in [0.15, 0.2) is 12.1 Å². The van der Waals surface area contributed by atoms with Crippen molar-refractivity contribution in [2.24, 2.45) is 5.92 Å². The average Bonchev–Trinajstić information content (AvgIpc) is 2.36. The van der Waals surface area contributed by atoms with Crippen molar-refractivity contribution >= 4 is 5.82 Å². The number of aromatic nitrogens is 1. The Hall–Kier alpha value is -1.46. The van der Waals surface area contributed by atoms with E-state index in [4.69, 9.17) is 10.5 Å². The van der Waals surface area contributed by atoms with E-state index in [1.165, 1.54) is 6.42 Å². The van der Waals surface area contributed by atoms with Gasteiger partial charge >= 0.3 is 6.18 Å². The number of nitrogens with two attached hydrogens (primary N) is 1. The molecule has 0 bridgehead atoms. The monoisotopic (exact) mass is 274 g/mol. The molecule has 1 aromatic rings. The van der Waals surface area contributed by atoms with Gasteiger partial charge in [0.15, 0.2) is 0 Å². The topological polar surface area (TPSA) is 48.1 Å². The first-order valence-corrected chi connectivity index (χ1v) is 6.43. The fourth-order valence-corrected chi connectivity index (χ4v) is 2.32. The van der Waals surface area contributed by atoms with Gasteiger partial charge in [-0.2, -0.15) is 18.2 Å². The zero-order chi connectivity index (χ0) is 13.9. The van der Waals surface area contributed by atoms with Crippen LogP contribution in [-0.2, 0) is 6.18 Å². The zero-order valence-electron chi connectivity index (χ0n) is 10.5. The second kappa shape index (κ2) is 5.67. The molecule has 106 valence electrons. The van der Waals surface area contributed by atoms with Crippen molar-refractivity contribution in [2.75, 3.05) is 12.3 Å². The number of hydrogen-bond donors (Lipinski definition) is 1. The Balaban J connectivity index is 2.01. The summed E-state index contributed by atoms with van der Waals surface area (Å²) in [5, 5.41) is 0. The van der Waals surface area contributed by atoms with E-state index in [-0.39, 0.29) is 11.7 Å². The van der Waals surface area contributed by atoms with Gasteiger partial charge in [-0.1, -0.05) is 19.3 Å². The van der Waals surface area contributed by atoms with Gasteiger partial charge in [0.25, 0.3) is 0 Å². The van der Waals surface area contributed by atoms with E-state index >= 15 is 0 Å². The molecular formula is C13H17F3N2O. The van der Waals surface area contributed by atoms with E-state index in [9.17, 15) is 13.2 Å². The maximum absolute atomic E-state index is 12.6. The highest BCUT2D eigenvalue weighted by molar-refractivity contribution is 5.38. The van der Waals surface area contributed by atoms with Gasteiger partial charge in [0.05, 0.1) is 12.2 Å². The summed E-state index contributed by atoms with van der Waals surface area (Å²) in [7, 11) is 0. The molecule has 3 nitrogen and oxygen atoms in total. The largest absolute Gasteiger partial charge is 0.477 e. The first kappa shape index (κ1) is 14.0. The van der Waals surface area contributed by atoms with Crippen LogP contribution in [0.1, 0.15) is 37.7 Å². The molecule has 1 aromatic heterocycles. The highest BCUT2D eigenvalue weighted by Crippen LogP contribution is 2.32. The molecule has 6 heteroatoms. The molecule has 0 spiro atoms. The Labute approximate surface area is 110 Å². The lowest BCUT2D eigenvalue weighted by molar-refractivity contribution is -0.137. The first-order chi connectivity index (χ1) is 8.95. The molecule has 2 rings (SSSR count). The van der Waals surface area contributed by atoms with Crippen molar-refractivity contribution in [3.05, 3.63) is 17.7 Å². The van der Waals surface area contributed by atoms with Crippen molar-refractivity contribution in [1.29, 1.82) is 0 Å². The number of ether oxygens (including phenoxy) is 1. The van der Waals surface area contributed by atoms with Gasteiger partial charge in [-0.3, -0.25) is 0 Å². The van der Waals surface area contributed by atoms with Gasteiger partial charge in [-0.05, 0) is 24.8 Å². The van der Waals surface area contributed by atoms with E-state index < -0.39 is 11.7 Å². The molecule has 0 radical (unpaired) electrons. The smallest absolute Gasteiger partial charge is 0.416 e. The summed E-state index contributed by atoms with van der Waals surface area (Å²) in [6, 6.07) is 1.71. The average molecular weight is 274 g/mol. The summed E-state index contributed by atoms with van der Waals surface area (Å²) in [6.45, 7) is 0.410. The lowest BCUT2D eigenvalue weighted by Crippen LogP contribution is -2.16. The predicted molar refractivity (Wildman–Crippen MR) is 65.7 cm³/mol. The van der Waals surface area contributed by atoms with Crippen LogP contribution in [0.25, 0.3) is 0 Å². The van der Waals surface area contributed by atoms with E-state index in [1.54, 1.807) is 0 Å². The molecule has 1 saturated carbocycles. The number of nitrogens with zero attached hydrogens (tertiary/aromatic N) is 1.